The molecule has 1 unspecified atom stereocenters. The minimum Gasteiger partial charge on any atom is -0.479 e. The molecule has 0 saturated carbocycles. The molecule has 2 heterocycles. The van der Waals surface area contributed by atoms with Gasteiger partial charge in [-0.3, -0.25) is 0 Å². The van der Waals surface area contributed by atoms with Crippen LogP contribution in [0.2, 0.25) is 0 Å². The molecule has 1 atom stereocenters. The first-order chi connectivity index (χ1) is 9.16. The lowest BCUT2D eigenvalue weighted by Crippen LogP contribution is -2.36. The van der Waals surface area contributed by atoms with Crippen molar-refractivity contribution in [2.24, 2.45) is 0 Å². The van der Waals surface area contributed by atoms with Crippen LogP contribution in [0.25, 0.3) is 0 Å². The molecule has 2 aromatic heterocycles. The zero-order valence-electron chi connectivity index (χ0n) is 9.61. The van der Waals surface area contributed by atoms with Crippen molar-refractivity contribution < 1.29 is 14.7 Å². The number of carbonyl (C=O) groups excluding carboxylic acids is 1. The fraction of sp³-hybridized carbons (Fsp3) is 0.0909. The van der Waals surface area contributed by atoms with Crippen molar-refractivity contribution in [3.8, 4) is 0 Å². The molecule has 2 amide bonds. The summed E-state index contributed by atoms with van der Waals surface area (Å²) in [6.45, 7) is 0. The van der Waals surface area contributed by atoms with E-state index in [1.54, 1.807) is 17.5 Å². The van der Waals surface area contributed by atoms with Gasteiger partial charge in [-0.2, -0.15) is 0 Å². The van der Waals surface area contributed by atoms with Crippen LogP contribution in [0, 0.1) is 0 Å². The first-order valence-corrected chi connectivity index (χ1v) is 6.13. The maximum atomic E-state index is 11.7. The Hall–Kier alpha value is -2.48. The Morgan fingerprint density at radius 1 is 1.32 bits per heavy atom. The van der Waals surface area contributed by atoms with Crippen molar-refractivity contribution in [1.29, 1.82) is 0 Å². The fourth-order valence-corrected chi connectivity index (χ4v) is 2.14. The molecule has 0 aliphatic carbocycles. The smallest absolute Gasteiger partial charge is 0.331 e. The number of rotatable bonds is 4. The summed E-state index contributed by atoms with van der Waals surface area (Å²) in [5, 5.41) is 15.7. The molecule has 0 bridgehead atoms. The van der Waals surface area contributed by atoms with Crippen molar-refractivity contribution in [3.05, 3.63) is 41.1 Å². The fourth-order valence-electron chi connectivity index (χ4n) is 1.37. The Morgan fingerprint density at radius 2 is 2.05 bits per heavy atom. The molecule has 0 fully saturated rings. The van der Waals surface area contributed by atoms with E-state index in [-0.39, 0.29) is 0 Å². The van der Waals surface area contributed by atoms with E-state index < -0.39 is 18.0 Å². The molecule has 0 aliphatic rings. The van der Waals surface area contributed by atoms with Crippen LogP contribution < -0.4 is 10.6 Å². The number of aliphatic carboxylic acids is 1. The summed E-state index contributed by atoms with van der Waals surface area (Å²) < 4.78 is 0. The van der Waals surface area contributed by atoms with Gasteiger partial charge in [0.2, 0.25) is 0 Å². The molecule has 2 aromatic rings. The van der Waals surface area contributed by atoms with Gasteiger partial charge in [-0.15, -0.1) is 11.3 Å². The quantitative estimate of drug-likeness (QED) is 0.786. The third-order valence-corrected chi connectivity index (χ3v) is 3.11. The average molecular weight is 278 g/mol. The average Bonchev–Trinajstić information content (AvgIpc) is 2.90. The number of carboxylic acids is 1. The van der Waals surface area contributed by atoms with Crippen LogP contribution in [0.15, 0.2) is 36.2 Å². The summed E-state index contributed by atoms with van der Waals surface area (Å²) in [7, 11) is 0. The van der Waals surface area contributed by atoms with Crippen LogP contribution in [-0.4, -0.2) is 27.1 Å². The predicted octanol–water partition coefficient (Wildman–Crippen LogP) is 1.49. The summed E-state index contributed by atoms with van der Waals surface area (Å²) in [6.07, 6.45) is 4.15. The number of urea groups is 1. The summed E-state index contributed by atoms with van der Waals surface area (Å²) >= 11 is 1.26. The number of nitrogens with zero attached hydrogens (tertiary/aromatic N) is 2. The van der Waals surface area contributed by atoms with Gasteiger partial charge < -0.3 is 15.7 Å². The Labute approximate surface area is 112 Å². The number of aromatic nitrogens is 2. The molecule has 0 saturated heterocycles. The molecular formula is C11H10N4O3S. The van der Waals surface area contributed by atoms with E-state index in [2.05, 4.69) is 20.6 Å². The molecule has 8 heteroatoms. The number of anilines is 1. The molecular weight excluding hydrogens is 268 g/mol. The predicted molar refractivity (Wildman–Crippen MR) is 68.9 cm³/mol. The van der Waals surface area contributed by atoms with Gasteiger partial charge >= 0.3 is 12.0 Å². The van der Waals surface area contributed by atoms with Gasteiger partial charge in [0.15, 0.2) is 6.04 Å². The number of nitrogens with one attached hydrogen (secondary N) is 2. The van der Waals surface area contributed by atoms with E-state index in [1.807, 2.05) is 0 Å². The number of thiophene rings is 1. The Balaban J connectivity index is 2.02. The van der Waals surface area contributed by atoms with Gasteiger partial charge in [0.25, 0.3) is 0 Å². The molecule has 7 nitrogen and oxygen atoms in total. The van der Waals surface area contributed by atoms with E-state index in [9.17, 15) is 9.59 Å². The van der Waals surface area contributed by atoms with Gasteiger partial charge in [0.05, 0.1) is 18.1 Å². The molecule has 0 radical (unpaired) electrons. The second-order valence-corrected chi connectivity index (χ2v) is 4.49. The highest BCUT2D eigenvalue weighted by atomic mass is 32.1. The number of carbonyl (C=O) groups is 2. The zero-order valence-corrected chi connectivity index (χ0v) is 10.4. The van der Waals surface area contributed by atoms with Crippen LogP contribution in [-0.2, 0) is 4.79 Å². The topological polar surface area (TPSA) is 104 Å². The highest BCUT2D eigenvalue weighted by molar-refractivity contribution is 7.10. The van der Waals surface area contributed by atoms with Crippen LogP contribution in [0.4, 0.5) is 10.5 Å². The van der Waals surface area contributed by atoms with Crippen molar-refractivity contribution in [2.45, 2.75) is 6.04 Å². The normalized spacial score (nSPS) is 11.6. The molecule has 19 heavy (non-hydrogen) atoms. The van der Waals surface area contributed by atoms with Crippen LogP contribution >= 0.6 is 11.3 Å². The molecule has 98 valence electrons. The number of hydrogen-bond donors (Lipinski definition) is 3. The van der Waals surface area contributed by atoms with Gasteiger partial charge in [-0.25, -0.2) is 19.6 Å². The number of amides is 2. The van der Waals surface area contributed by atoms with Crippen LogP contribution in [0.1, 0.15) is 10.9 Å². The zero-order chi connectivity index (χ0) is 13.7. The summed E-state index contributed by atoms with van der Waals surface area (Å²) in [4.78, 5) is 30.8. The highest BCUT2D eigenvalue weighted by Gasteiger charge is 2.22. The van der Waals surface area contributed by atoms with Crippen molar-refractivity contribution in [3.63, 3.8) is 0 Å². The monoisotopic (exact) mass is 278 g/mol. The summed E-state index contributed by atoms with van der Waals surface area (Å²) in [5.74, 6) is -1.12. The lowest BCUT2D eigenvalue weighted by Gasteiger charge is -2.13. The van der Waals surface area contributed by atoms with Crippen LogP contribution in [0.5, 0.6) is 0 Å². The third kappa shape index (κ3) is 3.49. The lowest BCUT2D eigenvalue weighted by molar-refractivity contribution is -0.139. The van der Waals surface area contributed by atoms with E-state index in [0.29, 0.717) is 10.6 Å². The van der Waals surface area contributed by atoms with E-state index >= 15 is 0 Å². The summed E-state index contributed by atoms with van der Waals surface area (Å²) in [5.41, 5.74) is 0.385. The SMILES string of the molecule is O=C(Nc1cncnc1)NC(C(=O)O)c1cccs1. The van der Waals surface area contributed by atoms with E-state index in [1.165, 1.54) is 30.1 Å². The van der Waals surface area contributed by atoms with Gasteiger partial charge in [0.1, 0.15) is 6.33 Å². The first kappa shape index (κ1) is 13.0. The minimum atomic E-state index is -1.12. The Bertz CT molecular complexity index is 559. The maximum absolute atomic E-state index is 11.7. The van der Waals surface area contributed by atoms with Crippen molar-refractivity contribution in [2.75, 3.05) is 5.32 Å². The maximum Gasteiger partial charge on any atom is 0.331 e. The number of carboxylic acid groups (broad SMARTS) is 1. The van der Waals surface area contributed by atoms with Gasteiger partial charge in [-0.1, -0.05) is 6.07 Å². The molecule has 3 N–H and O–H groups in total. The van der Waals surface area contributed by atoms with Crippen molar-refractivity contribution in [1.82, 2.24) is 15.3 Å². The highest BCUT2D eigenvalue weighted by Crippen LogP contribution is 2.19. The second kappa shape index (κ2) is 5.91. The first-order valence-electron chi connectivity index (χ1n) is 5.25. The van der Waals surface area contributed by atoms with E-state index in [4.69, 9.17) is 5.11 Å². The molecule has 2 rings (SSSR count). The Kier molecular flexibility index (Phi) is 4.04. The molecule has 0 aromatic carbocycles. The van der Waals surface area contributed by atoms with Gasteiger partial charge in [-0.05, 0) is 11.4 Å². The largest absolute Gasteiger partial charge is 0.479 e. The minimum absolute atomic E-state index is 0.385. The van der Waals surface area contributed by atoms with Crippen LogP contribution in [0.3, 0.4) is 0 Å². The Morgan fingerprint density at radius 3 is 2.63 bits per heavy atom. The standard InChI is InChI=1S/C11H10N4O3S/c16-10(17)9(8-2-1-3-19-8)15-11(18)14-7-4-12-6-13-5-7/h1-6,9H,(H,16,17)(H2,14,15,18). The second-order valence-electron chi connectivity index (χ2n) is 3.51. The third-order valence-electron chi connectivity index (χ3n) is 2.17. The number of hydrogen-bond acceptors (Lipinski definition) is 5. The van der Waals surface area contributed by atoms with E-state index in [0.717, 1.165) is 0 Å². The lowest BCUT2D eigenvalue weighted by atomic mass is 10.2. The molecule has 0 spiro atoms. The van der Waals surface area contributed by atoms with Gasteiger partial charge in [0, 0.05) is 4.88 Å². The summed E-state index contributed by atoms with van der Waals surface area (Å²) in [6, 6.07) is 1.66. The molecule has 0 aliphatic heterocycles. The van der Waals surface area contributed by atoms with Crippen molar-refractivity contribution >= 4 is 29.0 Å².